The molecule has 0 bridgehead atoms. The van der Waals surface area contributed by atoms with Crippen LogP contribution in [-0.4, -0.2) is 36.3 Å². The van der Waals surface area contributed by atoms with Gasteiger partial charge in [-0.3, -0.25) is 4.90 Å². The first-order valence-corrected chi connectivity index (χ1v) is 6.69. The van der Waals surface area contributed by atoms with Crippen LogP contribution < -0.4 is 0 Å². The maximum atomic E-state index is 11.9. The molecule has 19 heavy (non-hydrogen) atoms. The van der Waals surface area contributed by atoms with Crippen molar-refractivity contribution < 1.29 is 14.3 Å². The molecule has 1 aromatic rings. The van der Waals surface area contributed by atoms with E-state index in [4.69, 9.17) is 16.3 Å². The van der Waals surface area contributed by atoms with Gasteiger partial charge in [0.2, 0.25) is 0 Å². The number of aldehydes is 1. The van der Waals surface area contributed by atoms with E-state index in [1.54, 1.807) is 12.1 Å². The van der Waals surface area contributed by atoms with E-state index in [-0.39, 0.29) is 6.61 Å². The molecule has 1 atom stereocenters. The van der Waals surface area contributed by atoms with Crippen LogP contribution in [0.4, 0.5) is 0 Å². The van der Waals surface area contributed by atoms with Crippen molar-refractivity contribution in [3.8, 4) is 0 Å². The lowest BCUT2D eigenvalue weighted by Crippen LogP contribution is -2.41. The van der Waals surface area contributed by atoms with E-state index < -0.39 is 12.0 Å². The number of hydrogen-bond acceptors (Lipinski definition) is 4. The minimum atomic E-state index is -0.787. The summed E-state index contributed by atoms with van der Waals surface area (Å²) in [5, 5.41) is 0.555. The molecule has 0 aromatic heterocycles. The molecule has 1 fully saturated rings. The molecule has 0 saturated carbocycles. The Bertz CT molecular complexity index is 458. The quantitative estimate of drug-likeness (QED) is 0.471. The Kier molecular flexibility index (Phi) is 4.93. The number of halogens is 1. The molecule has 4 nitrogen and oxygen atoms in total. The molecule has 0 radical (unpaired) electrons. The molecule has 0 aliphatic carbocycles. The van der Waals surface area contributed by atoms with E-state index >= 15 is 0 Å². The molecule has 0 amide bonds. The molecule has 102 valence electrons. The van der Waals surface area contributed by atoms with Gasteiger partial charge in [-0.1, -0.05) is 29.8 Å². The van der Waals surface area contributed by atoms with Gasteiger partial charge in [-0.15, -0.1) is 0 Å². The Morgan fingerprint density at radius 1 is 1.37 bits per heavy atom. The van der Waals surface area contributed by atoms with E-state index in [0.29, 0.717) is 11.3 Å². The fourth-order valence-corrected chi connectivity index (χ4v) is 2.35. The van der Waals surface area contributed by atoms with Crippen molar-refractivity contribution in [3.05, 3.63) is 34.9 Å². The highest BCUT2D eigenvalue weighted by Crippen LogP contribution is 2.17. The predicted molar refractivity (Wildman–Crippen MR) is 71.9 cm³/mol. The van der Waals surface area contributed by atoms with Gasteiger partial charge in [-0.05, 0) is 32.0 Å². The molecule has 1 aliphatic heterocycles. The number of hydrogen-bond donors (Lipinski definition) is 0. The first-order chi connectivity index (χ1) is 9.22. The second-order valence-electron chi connectivity index (χ2n) is 4.52. The summed E-state index contributed by atoms with van der Waals surface area (Å²) in [4.78, 5) is 24.8. The zero-order valence-electron chi connectivity index (χ0n) is 10.5. The summed E-state index contributed by atoms with van der Waals surface area (Å²) in [6.45, 7) is 1.63. The van der Waals surface area contributed by atoms with Crippen LogP contribution in [0.2, 0.25) is 5.02 Å². The van der Waals surface area contributed by atoms with Gasteiger partial charge in [0, 0.05) is 10.6 Å². The monoisotopic (exact) mass is 281 g/mol. The number of ether oxygens (including phenoxy) is 1. The Hall–Kier alpha value is -1.39. The Balaban J connectivity index is 1.92. The number of rotatable bonds is 5. The van der Waals surface area contributed by atoms with Crippen LogP contribution in [-0.2, 0) is 20.9 Å². The lowest BCUT2D eigenvalue weighted by Gasteiger charge is -2.20. The lowest BCUT2D eigenvalue weighted by molar-refractivity contribution is -0.152. The number of carbonyl (C=O) groups excluding carboxylic acids is 2. The Morgan fingerprint density at radius 2 is 2.05 bits per heavy atom. The molecule has 1 unspecified atom stereocenters. The SMILES string of the molecule is O=CC(C(=O)OCc1ccccc1Cl)N1CCCC1. The third-order valence-electron chi connectivity index (χ3n) is 3.23. The topological polar surface area (TPSA) is 46.6 Å². The average Bonchev–Trinajstić information content (AvgIpc) is 2.92. The van der Waals surface area contributed by atoms with Crippen LogP contribution in [0.1, 0.15) is 18.4 Å². The summed E-state index contributed by atoms with van der Waals surface area (Å²) in [6.07, 6.45) is 2.69. The van der Waals surface area contributed by atoms with Gasteiger partial charge in [-0.2, -0.15) is 0 Å². The molecule has 1 saturated heterocycles. The molecule has 1 aromatic carbocycles. The maximum Gasteiger partial charge on any atom is 0.331 e. The van der Waals surface area contributed by atoms with Crippen LogP contribution in [0.5, 0.6) is 0 Å². The number of likely N-dealkylation sites (tertiary alicyclic amines) is 1. The normalized spacial score (nSPS) is 17.1. The highest BCUT2D eigenvalue weighted by molar-refractivity contribution is 6.31. The van der Waals surface area contributed by atoms with E-state index in [9.17, 15) is 9.59 Å². The third-order valence-corrected chi connectivity index (χ3v) is 3.60. The molecule has 0 spiro atoms. The van der Waals surface area contributed by atoms with E-state index in [1.807, 2.05) is 17.0 Å². The first-order valence-electron chi connectivity index (χ1n) is 6.32. The van der Waals surface area contributed by atoms with Crippen molar-refractivity contribution in [1.82, 2.24) is 4.90 Å². The van der Waals surface area contributed by atoms with Crippen LogP contribution in [0.3, 0.4) is 0 Å². The van der Waals surface area contributed by atoms with Crippen LogP contribution in [0.15, 0.2) is 24.3 Å². The summed E-state index contributed by atoms with van der Waals surface area (Å²) in [5.74, 6) is -0.503. The van der Waals surface area contributed by atoms with Crippen molar-refractivity contribution >= 4 is 23.9 Å². The highest BCUT2D eigenvalue weighted by atomic mass is 35.5. The van der Waals surface area contributed by atoms with Crippen molar-refractivity contribution in [2.24, 2.45) is 0 Å². The Morgan fingerprint density at radius 3 is 2.68 bits per heavy atom. The lowest BCUT2D eigenvalue weighted by atomic mass is 10.2. The summed E-state index contributed by atoms with van der Waals surface area (Å²) in [5.41, 5.74) is 0.739. The van der Waals surface area contributed by atoms with Crippen LogP contribution in [0.25, 0.3) is 0 Å². The predicted octanol–water partition coefficient (Wildman–Crippen LogP) is 2.05. The second kappa shape index (κ2) is 6.68. The van der Waals surface area contributed by atoms with Crippen molar-refractivity contribution in [3.63, 3.8) is 0 Å². The van der Waals surface area contributed by atoms with Gasteiger partial charge in [0.05, 0.1) is 0 Å². The first kappa shape index (κ1) is 14.0. The molecule has 0 N–H and O–H groups in total. The summed E-state index contributed by atoms with van der Waals surface area (Å²) in [7, 11) is 0. The van der Waals surface area contributed by atoms with Crippen LogP contribution >= 0.6 is 11.6 Å². The highest BCUT2D eigenvalue weighted by Gasteiger charge is 2.29. The molecule has 1 heterocycles. The maximum absolute atomic E-state index is 11.9. The fourth-order valence-electron chi connectivity index (χ4n) is 2.16. The number of esters is 1. The molecular formula is C14H16ClNO3. The third kappa shape index (κ3) is 3.55. The zero-order valence-corrected chi connectivity index (χ0v) is 11.3. The minimum absolute atomic E-state index is 0.0939. The minimum Gasteiger partial charge on any atom is -0.459 e. The zero-order chi connectivity index (χ0) is 13.7. The summed E-state index contributed by atoms with van der Waals surface area (Å²) in [6, 6.07) is 6.38. The van der Waals surface area contributed by atoms with Gasteiger partial charge in [0.1, 0.15) is 12.9 Å². The fraction of sp³-hybridized carbons (Fsp3) is 0.429. The largest absolute Gasteiger partial charge is 0.459 e. The summed E-state index contributed by atoms with van der Waals surface area (Å²) >= 11 is 5.98. The van der Waals surface area contributed by atoms with Crippen LogP contribution in [0, 0.1) is 0 Å². The Labute approximate surface area is 117 Å². The van der Waals surface area contributed by atoms with E-state index in [1.165, 1.54) is 0 Å². The number of benzene rings is 1. The van der Waals surface area contributed by atoms with Gasteiger partial charge in [0.25, 0.3) is 0 Å². The number of nitrogens with zero attached hydrogens (tertiary/aromatic N) is 1. The molecular weight excluding hydrogens is 266 g/mol. The van der Waals surface area contributed by atoms with E-state index in [2.05, 4.69) is 0 Å². The molecule has 1 aliphatic rings. The number of carbonyl (C=O) groups is 2. The average molecular weight is 282 g/mol. The van der Waals surface area contributed by atoms with E-state index in [0.717, 1.165) is 31.5 Å². The smallest absolute Gasteiger partial charge is 0.331 e. The van der Waals surface area contributed by atoms with Gasteiger partial charge < -0.3 is 9.53 Å². The standard InChI is InChI=1S/C14H16ClNO3/c15-12-6-2-1-5-11(12)10-19-14(18)13(9-17)16-7-3-4-8-16/h1-2,5-6,9,13H,3-4,7-8,10H2. The van der Waals surface area contributed by atoms with Crippen molar-refractivity contribution in [2.75, 3.05) is 13.1 Å². The van der Waals surface area contributed by atoms with Crippen molar-refractivity contribution in [2.45, 2.75) is 25.5 Å². The van der Waals surface area contributed by atoms with Gasteiger partial charge >= 0.3 is 5.97 Å². The van der Waals surface area contributed by atoms with Gasteiger partial charge in [0.15, 0.2) is 6.04 Å². The molecule has 2 rings (SSSR count). The summed E-state index contributed by atoms with van der Waals surface area (Å²) < 4.78 is 5.18. The second-order valence-corrected chi connectivity index (χ2v) is 4.93. The van der Waals surface area contributed by atoms with Crippen molar-refractivity contribution in [1.29, 1.82) is 0 Å². The molecule has 5 heteroatoms. The van der Waals surface area contributed by atoms with Gasteiger partial charge in [-0.25, -0.2) is 4.79 Å².